The molecule has 0 aromatic heterocycles. The van der Waals surface area contributed by atoms with E-state index in [1.165, 1.54) is 37.1 Å². The summed E-state index contributed by atoms with van der Waals surface area (Å²) in [5.74, 6) is 0.387. The largest absolute Gasteiger partial charge is 0.340 e. The van der Waals surface area contributed by atoms with Gasteiger partial charge in [-0.2, -0.15) is 0 Å². The van der Waals surface area contributed by atoms with E-state index in [1.807, 2.05) is 0 Å². The van der Waals surface area contributed by atoms with Crippen molar-refractivity contribution in [2.24, 2.45) is 0 Å². The molecular formula is C22H32N2O. The molecule has 1 unspecified atom stereocenters. The first kappa shape index (κ1) is 17.1. The lowest BCUT2D eigenvalue weighted by atomic mass is 9.84. The van der Waals surface area contributed by atoms with Crippen molar-refractivity contribution in [2.45, 2.75) is 69.7 Å². The van der Waals surface area contributed by atoms with Gasteiger partial charge >= 0.3 is 0 Å². The molecule has 4 rings (SSSR count). The highest BCUT2D eigenvalue weighted by Crippen LogP contribution is 2.50. The molecule has 1 aromatic carbocycles. The number of hydrogen-bond donors (Lipinski definition) is 0. The second-order valence-corrected chi connectivity index (χ2v) is 9.35. The van der Waals surface area contributed by atoms with E-state index in [0.29, 0.717) is 11.9 Å². The van der Waals surface area contributed by atoms with E-state index in [1.54, 1.807) is 0 Å². The van der Waals surface area contributed by atoms with Gasteiger partial charge in [0.25, 0.3) is 0 Å². The van der Waals surface area contributed by atoms with Crippen LogP contribution in [0.3, 0.4) is 0 Å². The lowest BCUT2D eigenvalue weighted by Gasteiger charge is -2.27. The highest BCUT2D eigenvalue weighted by atomic mass is 16.2. The molecule has 2 saturated heterocycles. The molecule has 3 fully saturated rings. The second-order valence-electron chi connectivity index (χ2n) is 9.35. The maximum Gasteiger partial charge on any atom is 0.233 e. The van der Waals surface area contributed by atoms with E-state index < -0.39 is 0 Å². The van der Waals surface area contributed by atoms with Crippen LogP contribution in [0.4, 0.5) is 0 Å². The van der Waals surface area contributed by atoms with Crippen LogP contribution in [0.25, 0.3) is 0 Å². The number of amides is 1. The number of rotatable bonds is 3. The van der Waals surface area contributed by atoms with Crippen molar-refractivity contribution in [3.05, 3.63) is 35.4 Å². The molecule has 2 heterocycles. The third-order valence-electron chi connectivity index (χ3n) is 6.57. The van der Waals surface area contributed by atoms with Crippen molar-refractivity contribution in [3.63, 3.8) is 0 Å². The quantitative estimate of drug-likeness (QED) is 0.837. The molecule has 0 spiro atoms. The summed E-state index contributed by atoms with van der Waals surface area (Å²) in [4.78, 5) is 18.0. The van der Waals surface area contributed by atoms with Gasteiger partial charge in [-0.25, -0.2) is 0 Å². The van der Waals surface area contributed by atoms with Gasteiger partial charge < -0.3 is 4.90 Å². The predicted molar refractivity (Wildman–Crippen MR) is 102 cm³/mol. The number of benzene rings is 1. The minimum atomic E-state index is -0.212. The van der Waals surface area contributed by atoms with E-state index in [9.17, 15) is 4.79 Å². The first-order valence-corrected chi connectivity index (χ1v) is 10.0. The smallest absolute Gasteiger partial charge is 0.233 e. The molecule has 1 aliphatic carbocycles. The van der Waals surface area contributed by atoms with Crippen LogP contribution in [-0.4, -0.2) is 47.9 Å². The highest BCUT2D eigenvalue weighted by Gasteiger charge is 2.54. The fraction of sp³-hybridized carbons (Fsp3) is 0.682. The van der Waals surface area contributed by atoms with Crippen molar-refractivity contribution in [1.82, 2.24) is 9.80 Å². The summed E-state index contributed by atoms with van der Waals surface area (Å²) in [5, 5.41) is 0. The third kappa shape index (κ3) is 3.12. The van der Waals surface area contributed by atoms with Crippen molar-refractivity contribution >= 4 is 5.91 Å². The van der Waals surface area contributed by atoms with E-state index in [0.717, 1.165) is 32.4 Å². The van der Waals surface area contributed by atoms with E-state index in [4.69, 9.17) is 0 Å². The van der Waals surface area contributed by atoms with Gasteiger partial charge in [0.1, 0.15) is 0 Å². The Morgan fingerprint density at radius 3 is 2.24 bits per heavy atom. The summed E-state index contributed by atoms with van der Waals surface area (Å²) in [6.07, 6.45) is 5.85. The van der Waals surface area contributed by atoms with Crippen LogP contribution in [-0.2, 0) is 15.6 Å². The van der Waals surface area contributed by atoms with Crippen LogP contribution in [0.1, 0.15) is 64.0 Å². The topological polar surface area (TPSA) is 23.6 Å². The number of nitrogens with zero attached hydrogens (tertiary/aromatic N) is 2. The number of carbonyl (C=O) groups is 1. The van der Waals surface area contributed by atoms with Crippen molar-refractivity contribution in [2.75, 3.05) is 26.2 Å². The molecule has 2 aliphatic heterocycles. The Hall–Kier alpha value is -1.35. The lowest BCUT2D eigenvalue weighted by Crippen LogP contribution is -2.41. The summed E-state index contributed by atoms with van der Waals surface area (Å²) in [6.45, 7) is 11.1. The standard InChI is InChI=1S/C22H32N2O/c1-21(2,3)17-6-8-18(9-7-17)22(11-12-22)20(25)24-15-10-19(16-24)23-13-4-5-14-23/h6-9,19H,4-5,10-16H2,1-3H3. The van der Waals surface area contributed by atoms with Crippen LogP contribution in [0, 0.1) is 0 Å². The Bertz CT molecular complexity index is 633. The maximum absolute atomic E-state index is 13.3. The normalized spacial score (nSPS) is 26.2. The fourth-order valence-corrected chi connectivity index (χ4v) is 4.67. The van der Waals surface area contributed by atoms with Gasteiger partial charge in [-0.05, 0) is 61.7 Å². The predicted octanol–water partition coefficient (Wildman–Crippen LogP) is 3.71. The molecule has 1 aromatic rings. The molecule has 0 radical (unpaired) electrons. The molecule has 0 bridgehead atoms. The van der Waals surface area contributed by atoms with Crippen LogP contribution in [0.5, 0.6) is 0 Å². The van der Waals surface area contributed by atoms with Crippen molar-refractivity contribution in [3.8, 4) is 0 Å². The van der Waals surface area contributed by atoms with Gasteiger partial charge in [-0.1, -0.05) is 45.0 Å². The molecule has 0 N–H and O–H groups in total. The molecule has 25 heavy (non-hydrogen) atoms. The monoisotopic (exact) mass is 340 g/mol. The second kappa shape index (κ2) is 6.12. The molecule has 3 aliphatic rings. The van der Waals surface area contributed by atoms with Crippen molar-refractivity contribution in [1.29, 1.82) is 0 Å². The molecule has 1 amide bonds. The Morgan fingerprint density at radius 1 is 1.04 bits per heavy atom. The molecule has 3 heteroatoms. The number of hydrogen-bond acceptors (Lipinski definition) is 2. The average molecular weight is 341 g/mol. The van der Waals surface area contributed by atoms with E-state index in [-0.39, 0.29) is 10.8 Å². The minimum Gasteiger partial charge on any atom is -0.340 e. The van der Waals surface area contributed by atoms with Gasteiger partial charge in [0.05, 0.1) is 5.41 Å². The first-order chi connectivity index (χ1) is 11.9. The zero-order valence-electron chi connectivity index (χ0n) is 16.1. The van der Waals surface area contributed by atoms with E-state index >= 15 is 0 Å². The Balaban J connectivity index is 1.46. The number of carbonyl (C=O) groups excluding carboxylic acids is 1. The Morgan fingerprint density at radius 2 is 1.68 bits per heavy atom. The van der Waals surface area contributed by atoms with Crippen molar-refractivity contribution < 1.29 is 4.79 Å². The molecule has 1 atom stereocenters. The van der Waals surface area contributed by atoms with Crippen LogP contribution >= 0.6 is 0 Å². The third-order valence-corrected chi connectivity index (χ3v) is 6.57. The first-order valence-electron chi connectivity index (χ1n) is 10.0. The van der Waals surface area contributed by atoms with Gasteiger partial charge in [-0.15, -0.1) is 0 Å². The zero-order valence-corrected chi connectivity index (χ0v) is 16.1. The van der Waals surface area contributed by atoms with Gasteiger partial charge in [0, 0.05) is 19.1 Å². The molecule has 1 saturated carbocycles. The van der Waals surface area contributed by atoms with Crippen LogP contribution in [0.2, 0.25) is 0 Å². The Kier molecular flexibility index (Phi) is 4.18. The Labute approximate surface area is 152 Å². The van der Waals surface area contributed by atoms with Crippen LogP contribution < -0.4 is 0 Å². The maximum atomic E-state index is 13.3. The summed E-state index contributed by atoms with van der Waals surface area (Å²) in [5.41, 5.74) is 2.53. The van der Waals surface area contributed by atoms with Gasteiger partial charge in [0.2, 0.25) is 5.91 Å². The van der Waals surface area contributed by atoms with E-state index in [2.05, 4.69) is 54.8 Å². The molecule has 3 nitrogen and oxygen atoms in total. The zero-order chi connectivity index (χ0) is 17.7. The SMILES string of the molecule is CC(C)(C)c1ccc(C2(C(=O)N3CCC(N4CCCC4)C3)CC2)cc1. The summed E-state index contributed by atoms with van der Waals surface area (Å²) in [7, 11) is 0. The average Bonchev–Trinajstić information content (AvgIpc) is 3.00. The molecular weight excluding hydrogens is 308 g/mol. The number of likely N-dealkylation sites (tertiary alicyclic amines) is 2. The summed E-state index contributed by atoms with van der Waals surface area (Å²) in [6, 6.07) is 9.46. The highest BCUT2D eigenvalue weighted by molar-refractivity contribution is 5.91. The van der Waals surface area contributed by atoms with Crippen LogP contribution in [0.15, 0.2) is 24.3 Å². The van der Waals surface area contributed by atoms with Gasteiger partial charge in [-0.3, -0.25) is 9.69 Å². The van der Waals surface area contributed by atoms with Gasteiger partial charge in [0.15, 0.2) is 0 Å². The lowest BCUT2D eigenvalue weighted by molar-refractivity contribution is -0.133. The minimum absolute atomic E-state index is 0.164. The fourth-order valence-electron chi connectivity index (χ4n) is 4.67. The molecule has 136 valence electrons. The summed E-state index contributed by atoms with van der Waals surface area (Å²) >= 11 is 0. The summed E-state index contributed by atoms with van der Waals surface area (Å²) < 4.78 is 0.